The lowest BCUT2D eigenvalue weighted by atomic mass is 10.0. The molecule has 0 radical (unpaired) electrons. The van der Waals surface area contributed by atoms with Crippen LogP contribution < -0.4 is 5.32 Å². The quantitative estimate of drug-likeness (QED) is 0.0420. The fourth-order valence-corrected chi connectivity index (χ4v) is 8.07. The van der Waals surface area contributed by atoms with Gasteiger partial charge < -0.3 is 15.5 Å². The van der Waals surface area contributed by atoms with Crippen LogP contribution >= 0.6 is 0 Å². The Balaban J connectivity index is 3.67. The van der Waals surface area contributed by atoms with Crippen LogP contribution in [0.3, 0.4) is 0 Å². The van der Waals surface area contributed by atoms with Crippen LogP contribution in [0, 0.1) is 0 Å². The van der Waals surface area contributed by atoms with Crippen molar-refractivity contribution in [2.24, 2.45) is 0 Å². The van der Waals surface area contributed by atoms with E-state index in [0.717, 1.165) is 109 Å². The molecule has 4 nitrogen and oxygen atoms in total. The molecule has 0 aromatic heterocycles. The molecule has 0 rings (SSSR count). The smallest absolute Gasteiger partial charge is 0.220 e. The number of allylic oxidation sites excluding steroid dienone is 22. The number of carbonyl (C=O) groups excluding carboxylic acids is 1. The summed E-state index contributed by atoms with van der Waals surface area (Å²) >= 11 is 0. The summed E-state index contributed by atoms with van der Waals surface area (Å²) in [4.78, 5) is 12.5. The van der Waals surface area contributed by atoms with Crippen molar-refractivity contribution < 1.29 is 15.0 Å². The summed E-state index contributed by atoms with van der Waals surface area (Å²) in [6, 6.07) is -0.565. The standard InChI is InChI=1S/C65H109NO3/c1-3-5-7-9-11-13-15-17-19-21-23-25-26-27-28-29-30-31-32-33-34-35-36-37-38-39-40-41-43-45-47-49-51-53-55-57-59-61-65(69)66-63(62-67)64(68)60-58-56-54-52-50-48-46-44-42-24-22-20-18-16-14-12-10-8-6-4-2/h5,7,11,13,17,19,23,25,27-28,30-31,33-34,36-37,39-40,43,45,49,51,63-64,67-68H,3-4,6,8-10,12,14-16,18,20-22,24,26,29,32,35,38,41-42,44,46-48,50,52-62H2,1-2H3,(H,66,69)/b7-5-,13-11-,19-17-,25-23-,28-27-,31-30-,34-33-,37-36-,40-39-,45-43-,51-49-. The molecule has 0 saturated heterocycles. The van der Waals surface area contributed by atoms with Gasteiger partial charge in [-0.05, 0) is 96.3 Å². The van der Waals surface area contributed by atoms with Gasteiger partial charge in [0.2, 0.25) is 5.91 Å². The number of aliphatic hydroxyl groups excluding tert-OH is 2. The van der Waals surface area contributed by atoms with E-state index < -0.39 is 12.1 Å². The molecular weight excluding hydrogens is 843 g/mol. The minimum atomic E-state index is -0.684. The zero-order valence-electron chi connectivity index (χ0n) is 45.0. The zero-order valence-corrected chi connectivity index (χ0v) is 45.0. The molecule has 0 fully saturated rings. The molecule has 392 valence electrons. The van der Waals surface area contributed by atoms with Crippen LogP contribution in [0.5, 0.6) is 0 Å². The Morgan fingerprint density at radius 1 is 0.362 bits per heavy atom. The summed E-state index contributed by atoms with van der Waals surface area (Å²) in [6.45, 7) is 4.24. The van der Waals surface area contributed by atoms with E-state index in [0.29, 0.717) is 12.8 Å². The second-order valence-electron chi connectivity index (χ2n) is 19.0. The molecule has 69 heavy (non-hydrogen) atoms. The van der Waals surface area contributed by atoms with Gasteiger partial charge >= 0.3 is 0 Å². The maximum atomic E-state index is 12.5. The predicted molar refractivity (Wildman–Crippen MR) is 308 cm³/mol. The van der Waals surface area contributed by atoms with Gasteiger partial charge in [-0.1, -0.05) is 282 Å². The summed E-state index contributed by atoms with van der Waals surface area (Å²) in [7, 11) is 0. The molecule has 2 unspecified atom stereocenters. The van der Waals surface area contributed by atoms with Gasteiger partial charge in [-0.15, -0.1) is 0 Å². The monoisotopic (exact) mass is 952 g/mol. The van der Waals surface area contributed by atoms with Gasteiger partial charge in [-0.3, -0.25) is 4.79 Å². The average Bonchev–Trinajstić information content (AvgIpc) is 3.35. The van der Waals surface area contributed by atoms with E-state index in [1.54, 1.807) is 0 Å². The minimum absolute atomic E-state index is 0.0667. The van der Waals surface area contributed by atoms with E-state index in [2.05, 4.69) is 153 Å². The SMILES string of the molecule is CC/C=C\C/C=C\C/C=C\C/C=C\C/C=C\C/C=C\C/C=C\C/C=C\C/C=C\C/C=C\C/C=C\CCCCCC(=O)NC(CO)C(O)CCCCCCCCCCCCCCCCCCCCCC. The van der Waals surface area contributed by atoms with Crippen LogP contribution in [0.25, 0.3) is 0 Å². The Hall–Kier alpha value is -3.47. The van der Waals surface area contributed by atoms with Gasteiger partial charge in [-0.2, -0.15) is 0 Å². The lowest BCUT2D eigenvalue weighted by Crippen LogP contribution is -2.45. The second kappa shape index (κ2) is 58.8. The molecule has 3 N–H and O–H groups in total. The van der Waals surface area contributed by atoms with Crippen LogP contribution in [0.15, 0.2) is 134 Å². The van der Waals surface area contributed by atoms with Crippen molar-refractivity contribution in [1.82, 2.24) is 5.32 Å². The van der Waals surface area contributed by atoms with Crippen molar-refractivity contribution in [3.05, 3.63) is 134 Å². The molecule has 0 saturated carbocycles. The Morgan fingerprint density at radius 3 is 0.942 bits per heavy atom. The number of rotatable bonds is 51. The number of aliphatic hydroxyl groups is 2. The highest BCUT2D eigenvalue weighted by Gasteiger charge is 2.20. The maximum Gasteiger partial charge on any atom is 0.220 e. The van der Waals surface area contributed by atoms with Gasteiger partial charge in [0.15, 0.2) is 0 Å². The lowest BCUT2D eigenvalue weighted by molar-refractivity contribution is -0.123. The molecule has 0 aromatic carbocycles. The molecule has 1 amide bonds. The fourth-order valence-electron chi connectivity index (χ4n) is 8.07. The largest absolute Gasteiger partial charge is 0.394 e. The van der Waals surface area contributed by atoms with Gasteiger partial charge in [-0.25, -0.2) is 0 Å². The molecular formula is C65H109NO3. The Morgan fingerprint density at radius 2 is 0.638 bits per heavy atom. The first-order valence-corrected chi connectivity index (χ1v) is 28.9. The maximum absolute atomic E-state index is 12.5. The first-order chi connectivity index (χ1) is 34.2. The second-order valence-corrected chi connectivity index (χ2v) is 19.0. The third kappa shape index (κ3) is 55.3. The number of unbranched alkanes of at least 4 members (excludes halogenated alkanes) is 22. The highest BCUT2D eigenvalue weighted by atomic mass is 16.3. The van der Waals surface area contributed by atoms with E-state index in [9.17, 15) is 15.0 Å². The van der Waals surface area contributed by atoms with Gasteiger partial charge in [0.05, 0.1) is 18.8 Å². The van der Waals surface area contributed by atoms with Crippen molar-refractivity contribution >= 4 is 5.91 Å². The molecule has 0 aliphatic heterocycles. The zero-order chi connectivity index (χ0) is 49.9. The van der Waals surface area contributed by atoms with E-state index >= 15 is 0 Å². The van der Waals surface area contributed by atoms with Crippen molar-refractivity contribution in [3.63, 3.8) is 0 Å². The first-order valence-electron chi connectivity index (χ1n) is 28.9. The van der Waals surface area contributed by atoms with E-state index in [4.69, 9.17) is 0 Å². The summed E-state index contributed by atoms with van der Waals surface area (Å²) in [6.07, 6.45) is 91.4. The van der Waals surface area contributed by atoms with Crippen LogP contribution in [0.2, 0.25) is 0 Å². The Bertz CT molecular complexity index is 1400. The average molecular weight is 953 g/mol. The van der Waals surface area contributed by atoms with Crippen molar-refractivity contribution in [3.8, 4) is 0 Å². The number of hydrogen-bond donors (Lipinski definition) is 3. The highest BCUT2D eigenvalue weighted by Crippen LogP contribution is 2.16. The number of carbonyl (C=O) groups is 1. The minimum Gasteiger partial charge on any atom is -0.394 e. The molecule has 0 aliphatic carbocycles. The highest BCUT2D eigenvalue weighted by molar-refractivity contribution is 5.76. The van der Waals surface area contributed by atoms with Crippen LogP contribution in [0.1, 0.15) is 251 Å². The predicted octanol–water partition coefficient (Wildman–Crippen LogP) is 19.4. The topological polar surface area (TPSA) is 69.6 Å². The molecule has 2 atom stereocenters. The summed E-state index contributed by atoms with van der Waals surface area (Å²) in [5.41, 5.74) is 0. The van der Waals surface area contributed by atoms with E-state index in [1.165, 1.54) is 116 Å². The summed E-state index contributed by atoms with van der Waals surface area (Å²) in [5.74, 6) is -0.0667. The van der Waals surface area contributed by atoms with Gasteiger partial charge in [0.25, 0.3) is 0 Å². The number of hydrogen-bond acceptors (Lipinski definition) is 3. The van der Waals surface area contributed by atoms with Crippen LogP contribution in [-0.4, -0.2) is 34.9 Å². The molecule has 0 aromatic rings. The molecule has 0 spiro atoms. The van der Waals surface area contributed by atoms with E-state index in [1.807, 2.05) is 0 Å². The summed E-state index contributed by atoms with van der Waals surface area (Å²) in [5, 5.41) is 23.3. The first kappa shape index (κ1) is 65.5. The van der Waals surface area contributed by atoms with Crippen LogP contribution in [0.4, 0.5) is 0 Å². The molecule has 0 heterocycles. The lowest BCUT2D eigenvalue weighted by Gasteiger charge is -2.22. The van der Waals surface area contributed by atoms with Crippen molar-refractivity contribution in [2.45, 2.75) is 264 Å². The summed E-state index contributed by atoms with van der Waals surface area (Å²) < 4.78 is 0. The van der Waals surface area contributed by atoms with E-state index in [-0.39, 0.29) is 12.5 Å². The van der Waals surface area contributed by atoms with Crippen LogP contribution in [-0.2, 0) is 4.79 Å². The van der Waals surface area contributed by atoms with Gasteiger partial charge in [0, 0.05) is 6.42 Å². The fraction of sp³-hybridized carbons (Fsp3) is 0.646. The van der Waals surface area contributed by atoms with Gasteiger partial charge in [0.1, 0.15) is 0 Å². The third-order valence-corrected chi connectivity index (χ3v) is 12.4. The molecule has 0 bridgehead atoms. The number of nitrogens with one attached hydrogen (secondary N) is 1. The van der Waals surface area contributed by atoms with Crippen molar-refractivity contribution in [2.75, 3.05) is 6.61 Å². The Labute approximate surface area is 428 Å². The van der Waals surface area contributed by atoms with Crippen molar-refractivity contribution in [1.29, 1.82) is 0 Å². The molecule has 0 aliphatic rings. The third-order valence-electron chi connectivity index (χ3n) is 12.4. The molecule has 4 heteroatoms. The number of amides is 1. The normalized spacial score (nSPS) is 13.9. The Kier molecular flexibility index (Phi) is 55.9.